The van der Waals surface area contributed by atoms with Crippen molar-refractivity contribution in [1.82, 2.24) is 0 Å². The zero-order chi connectivity index (χ0) is 42.3. The summed E-state index contributed by atoms with van der Waals surface area (Å²) < 4.78 is 16.6. The van der Waals surface area contributed by atoms with Gasteiger partial charge in [0.25, 0.3) is 0 Å². The minimum atomic E-state index is -0.799. The van der Waals surface area contributed by atoms with E-state index in [0.29, 0.717) is 19.3 Å². The first-order chi connectivity index (χ1) is 28.5. The lowest BCUT2D eigenvalue weighted by Crippen LogP contribution is -2.30. The third kappa shape index (κ3) is 43.5. The predicted octanol–water partition coefficient (Wildman–Crippen LogP) is 15.0. The molecular weight excluding hydrogens is 721 g/mol. The van der Waals surface area contributed by atoms with E-state index in [9.17, 15) is 14.4 Å². The van der Waals surface area contributed by atoms with E-state index >= 15 is 0 Å². The Bertz CT molecular complexity index is 1200. The van der Waals surface area contributed by atoms with Gasteiger partial charge in [-0.2, -0.15) is 0 Å². The third-order valence-electron chi connectivity index (χ3n) is 9.30. The van der Waals surface area contributed by atoms with E-state index in [1.54, 1.807) is 0 Å². The molecule has 0 aliphatic rings. The summed E-state index contributed by atoms with van der Waals surface area (Å²) in [7, 11) is 0. The zero-order valence-electron chi connectivity index (χ0n) is 37.3. The second-order valence-corrected chi connectivity index (χ2v) is 14.9. The number of hydrogen-bond donors (Lipinski definition) is 0. The summed E-state index contributed by atoms with van der Waals surface area (Å²) in [5.41, 5.74) is 0. The molecular formula is C52H84O6. The molecule has 1 unspecified atom stereocenters. The Labute approximate surface area is 356 Å². The number of carbonyl (C=O) groups excluding carboxylic acids is 3. The third-order valence-corrected chi connectivity index (χ3v) is 9.30. The van der Waals surface area contributed by atoms with Crippen LogP contribution in [0, 0.1) is 0 Å². The molecule has 0 fully saturated rings. The molecule has 0 aliphatic heterocycles. The van der Waals surface area contributed by atoms with E-state index in [1.165, 1.54) is 25.7 Å². The Morgan fingerprint density at radius 2 is 0.707 bits per heavy atom. The lowest BCUT2D eigenvalue weighted by atomic mass is 10.1. The summed E-state index contributed by atoms with van der Waals surface area (Å²) in [4.78, 5) is 37.6. The molecule has 0 aromatic heterocycles. The number of esters is 3. The first kappa shape index (κ1) is 54.3. The van der Waals surface area contributed by atoms with Crippen molar-refractivity contribution in [2.45, 2.75) is 200 Å². The fraction of sp³-hybridized carbons (Fsp3) is 0.635. The maximum atomic E-state index is 12.7. The predicted molar refractivity (Wildman–Crippen MR) is 247 cm³/mol. The second kappa shape index (κ2) is 46.0. The van der Waals surface area contributed by atoms with E-state index in [-0.39, 0.29) is 31.1 Å². The number of allylic oxidation sites excluding steroid dienone is 16. The van der Waals surface area contributed by atoms with Gasteiger partial charge < -0.3 is 14.2 Å². The van der Waals surface area contributed by atoms with Gasteiger partial charge in [0, 0.05) is 19.3 Å². The summed E-state index contributed by atoms with van der Waals surface area (Å²) in [6.45, 7) is 6.32. The minimum absolute atomic E-state index is 0.0989. The average Bonchev–Trinajstić information content (AvgIpc) is 3.22. The van der Waals surface area contributed by atoms with Crippen LogP contribution in [-0.4, -0.2) is 37.2 Å². The normalized spacial score (nSPS) is 12.9. The molecule has 1 atom stereocenters. The molecule has 0 heterocycles. The Balaban J connectivity index is 4.36. The SMILES string of the molecule is CC/C=C\C/C=C\C/C=C\C/C=C\C/C=C\C/C=C\CCCCC(=O)OCC(COC(=O)CCCCCCCC)OC(=O)CCCCCCC/C=C\C/C=C\CCC. The molecule has 0 N–H and O–H groups in total. The van der Waals surface area contributed by atoms with Gasteiger partial charge in [-0.25, -0.2) is 0 Å². The van der Waals surface area contributed by atoms with Gasteiger partial charge in [0.1, 0.15) is 13.2 Å². The van der Waals surface area contributed by atoms with Gasteiger partial charge in [0.05, 0.1) is 0 Å². The van der Waals surface area contributed by atoms with Crippen LogP contribution < -0.4 is 0 Å². The van der Waals surface area contributed by atoms with Crippen LogP contribution in [0.4, 0.5) is 0 Å². The van der Waals surface area contributed by atoms with E-state index in [1.807, 2.05) is 0 Å². The number of carbonyl (C=O) groups is 3. The minimum Gasteiger partial charge on any atom is -0.462 e. The lowest BCUT2D eigenvalue weighted by Gasteiger charge is -2.18. The molecule has 0 aliphatic carbocycles. The Kier molecular flexibility index (Phi) is 43.1. The van der Waals surface area contributed by atoms with E-state index < -0.39 is 6.10 Å². The first-order valence-electron chi connectivity index (χ1n) is 23.2. The molecule has 0 radical (unpaired) electrons. The standard InChI is InChI=1S/C52H84O6/c1-4-7-10-13-16-18-20-22-23-24-25-26-27-28-29-31-32-34-36-39-42-45-51(54)57-48-49(47-56-50(53)44-41-38-15-12-9-6-3)58-52(55)46-43-40-37-35-33-30-21-19-17-14-11-8-5-2/h7,10-11,14,16,18-19,21-23,25-26,28-29,32,34,49H,4-6,8-9,12-13,15,17,20,24,27,30-31,33,35-48H2,1-3H3/b10-7-,14-11-,18-16-,21-19-,23-22-,26-25-,29-28-,34-32-. The fourth-order valence-electron chi connectivity index (χ4n) is 5.83. The zero-order valence-corrected chi connectivity index (χ0v) is 37.3. The summed E-state index contributed by atoms with van der Waals surface area (Å²) in [5.74, 6) is -0.978. The van der Waals surface area contributed by atoms with Crippen molar-refractivity contribution in [2.24, 2.45) is 0 Å². The van der Waals surface area contributed by atoms with Crippen LogP contribution in [-0.2, 0) is 28.6 Å². The molecule has 0 bridgehead atoms. The monoisotopic (exact) mass is 805 g/mol. The number of unbranched alkanes of at least 4 members (excludes halogenated alkanes) is 13. The van der Waals surface area contributed by atoms with Crippen LogP contribution in [0.25, 0.3) is 0 Å². The van der Waals surface area contributed by atoms with Gasteiger partial charge in [-0.1, -0.05) is 176 Å². The summed E-state index contributed by atoms with van der Waals surface area (Å²) in [5, 5.41) is 0. The van der Waals surface area contributed by atoms with Gasteiger partial charge >= 0.3 is 17.9 Å². The molecule has 6 nitrogen and oxygen atoms in total. The van der Waals surface area contributed by atoms with Crippen molar-refractivity contribution in [3.8, 4) is 0 Å². The molecule has 0 saturated carbocycles. The quantitative estimate of drug-likeness (QED) is 0.0266. The van der Waals surface area contributed by atoms with Gasteiger partial charge in [-0.3, -0.25) is 14.4 Å². The Hall–Kier alpha value is -3.67. The highest BCUT2D eigenvalue weighted by Gasteiger charge is 2.19. The molecule has 0 amide bonds. The van der Waals surface area contributed by atoms with Gasteiger partial charge in [0.2, 0.25) is 0 Å². The molecule has 0 saturated heterocycles. The Morgan fingerprint density at radius 3 is 1.16 bits per heavy atom. The van der Waals surface area contributed by atoms with Crippen molar-refractivity contribution >= 4 is 17.9 Å². The van der Waals surface area contributed by atoms with Crippen LogP contribution in [0.3, 0.4) is 0 Å². The van der Waals surface area contributed by atoms with Crippen molar-refractivity contribution < 1.29 is 28.6 Å². The maximum Gasteiger partial charge on any atom is 0.306 e. The van der Waals surface area contributed by atoms with Crippen LogP contribution in [0.2, 0.25) is 0 Å². The summed E-state index contributed by atoms with van der Waals surface area (Å²) in [6.07, 6.45) is 59.8. The molecule has 0 aromatic carbocycles. The summed E-state index contributed by atoms with van der Waals surface area (Å²) in [6, 6.07) is 0. The van der Waals surface area contributed by atoms with Crippen molar-refractivity contribution in [3.63, 3.8) is 0 Å². The van der Waals surface area contributed by atoms with Crippen LogP contribution >= 0.6 is 0 Å². The second-order valence-electron chi connectivity index (χ2n) is 14.9. The Morgan fingerprint density at radius 1 is 0.362 bits per heavy atom. The largest absolute Gasteiger partial charge is 0.462 e. The van der Waals surface area contributed by atoms with Crippen molar-refractivity contribution in [3.05, 3.63) is 97.2 Å². The molecule has 0 aromatic rings. The highest BCUT2D eigenvalue weighted by molar-refractivity contribution is 5.71. The van der Waals surface area contributed by atoms with Gasteiger partial charge in [-0.05, 0) is 96.3 Å². The fourth-order valence-corrected chi connectivity index (χ4v) is 5.83. The number of rotatable bonds is 40. The van der Waals surface area contributed by atoms with Crippen LogP contribution in [0.5, 0.6) is 0 Å². The van der Waals surface area contributed by atoms with Crippen LogP contribution in [0.1, 0.15) is 194 Å². The van der Waals surface area contributed by atoms with Crippen molar-refractivity contribution in [1.29, 1.82) is 0 Å². The molecule has 58 heavy (non-hydrogen) atoms. The van der Waals surface area contributed by atoms with E-state index in [0.717, 1.165) is 128 Å². The molecule has 6 heteroatoms. The van der Waals surface area contributed by atoms with Crippen LogP contribution in [0.15, 0.2) is 97.2 Å². The van der Waals surface area contributed by atoms with Gasteiger partial charge in [0.15, 0.2) is 6.10 Å². The first-order valence-corrected chi connectivity index (χ1v) is 23.2. The highest BCUT2D eigenvalue weighted by atomic mass is 16.6. The van der Waals surface area contributed by atoms with E-state index in [2.05, 4.69) is 118 Å². The lowest BCUT2D eigenvalue weighted by molar-refractivity contribution is -0.167. The maximum absolute atomic E-state index is 12.7. The molecule has 0 rings (SSSR count). The molecule has 328 valence electrons. The molecule has 0 spiro atoms. The number of hydrogen-bond acceptors (Lipinski definition) is 6. The highest BCUT2D eigenvalue weighted by Crippen LogP contribution is 2.12. The van der Waals surface area contributed by atoms with E-state index in [4.69, 9.17) is 14.2 Å². The smallest absolute Gasteiger partial charge is 0.306 e. The van der Waals surface area contributed by atoms with Crippen molar-refractivity contribution in [2.75, 3.05) is 13.2 Å². The summed E-state index contributed by atoms with van der Waals surface area (Å²) >= 11 is 0. The van der Waals surface area contributed by atoms with Gasteiger partial charge in [-0.15, -0.1) is 0 Å². The number of ether oxygens (including phenoxy) is 3. The average molecular weight is 805 g/mol. The topological polar surface area (TPSA) is 78.9 Å².